The summed E-state index contributed by atoms with van der Waals surface area (Å²) in [6.45, 7) is 4.97. The number of aromatic nitrogens is 2. The van der Waals surface area contributed by atoms with Crippen molar-refractivity contribution >= 4 is 23.0 Å². The quantitative estimate of drug-likeness (QED) is 0.856. The Kier molecular flexibility index (Phi) is 4.63. The monoisotopic (exact) mass is 286 g/mol. The fourth-order valence-corrected chi connectivity index (χ4v) is 2.14. The molecule has 0 amide bonds. The van der Waals surface area contributed by atoms with E-state index in [0.29, 0.717) is 5.69 Å². The fraction of sp³-hybridized carbons (Fsp3) is 0.267. The zero-order chi connectivity index (χ0) is 14.5. The van der Waals surface area contributed by atoms with Crippen molar-refractivity contribution in [1.82, 2.24) is 9.97 Å². The number of anilines is 1. The van der Waals surface area contributed by atoms with Crippen LogP contribution in [-0.4, -0.2) is 21.0 Å². The van der Waals surface area contributed by atoms with E-state index < -0.39 is 0 Å². The van der Waals surface area contributed by atoms with Crippen LogP contribution in [0, 0.1) is 0 Å². The van der Waals surface area contributed by atoms with Crippen LogP contribution in [0.15, 0.2) is 42.7 Å². The van der Waals surface area contributed by atoms with Crippen molar-refractivity contribution < 1.29 is 0 Å². The van der Waals surface area contributed by atoms with Gasteiger partial charge in [0.1, 0.15) is 10.7 Å². The molecule has 1 heterocycles. The molecule has 2 aromatic rings. The fourth-order valence-electron chi connectivity index (χ4n) is 2.00. The van der Waals surface area contributed by atoms with Crippen molar-refractivity contribution in [3.8, 4) is 0 Å². The average molecular weight is 286 g/mol. The van der Waals surface area contributed by atoms with Gasteiger partial charge in [0.2, 0.25) is 0 Å². The van der Waals surface area contributed by atoms with Crippen molar-refractivity contribution in [2.24, 2.45) is 5.73 Å². The molecule has 0 aliphatic carbocycles. The summed E-state index contributed by atoms with van der Waals surface area (Å²) < 4.78 is 0. The molecule has 0 aliphatic heterocycles. The predicted molar refractivity (Wildman–Crippen MR) is 85.7 cm³/mol. The van der Waals surface area contributed by atoms with Crippen LogP contribution < -0.4 is 10.6 Å². The molecule has 0 saturated carbocycles. The van der Waals surface area contributed by atoms with Crippen molar-refractivity contribution in [2.45, 2.75) is 26.4 Å². The number of nitrogens with zero attached hydrogens (tertiary/aromatic N) is 3. The van der Waals surface area contributed by atoms with Crippen molar-refractivity contribution in [1.29, 1.82) is 0 Å². The summed E-state index contributed by atoms with van der Waals surface area (Å²) in [7, 11) is 0. The van der Waals surface area contributed by atoms with Crippen LogP contribution in [-0.2, 0) is 6.54 Å². The van der Waals surface area contributed by atoms with Crippen molar-refractivity contribution in [3.05, 3.63) is 54.0 Å². The molecule has 0 bridgehead atoms. The van der Waals surface area contributed by atoms with E-state index in [0.717, 1.165) is 12.4 Å². The third-order valence-corrected chi connectivity index (χ3v) is 3.20. The molecule has 0 unspecified atom stereocenters. The van der Waals surface area contributed by atoms with Crippen molar-refractivity contribution in [2.75, 3.05) is 4.90 Å². The molecule has 1 aromatic carbocycles. The van der Waals surface area contributed by atoms with Gasteiger partial charge in [-0.15, -0.1) is 0 Å². The molecule has 0 aliphatic rings. The second-order valence-electron chi connectivity index (χ2n) is 4.80. The lowest BCUT2D eigenvalue weighted by atomic mass is 10.2. The molecular weight excluding hydrogens is 268 g/mol. The Labute approximate surface area is 124 Å². The highest BCUT2D eigenvalue weighted by molar-refractivity contribution is 7.80. The molecule has 104 valence electrons. The van der Waals surface area contributed by atoms with E-state index in [4.69, 9.17) is 18.0 Å². The highest BCUT2D eigenvalue weighted by Gasteiger charge is 2.18. The van der Waals surface area contributed by atoms with E-state index in [1.807, 2.05) is 18.2 Å². The molecule has 0 fully saturated rings. The second kappa shape index (κ2) is 6.43. The van der Waals surface area contributed by atoms with Crippen LogP contribution in [0.1, 0.15) is 25.1 Å². The average Bonchev–Trinajstić information content (AvgIpc) is 2.45. The van der Waals surface area contributed by atoms with Gasteiger partial charge in [-0.05, 0) is 19.4 Å². The highest BCUT2D eigenvalue weighted by Crippen LogP contribution is 2.20. The van der Waals surface area contributed by atoms with E-state index in [2.05, 4.69) is 40.8 Å². The molecule has 0 radical (unpaired) electrons. The Morgan fingerprint density at radius 2 is 1.85 bits per heavy atom. The first-order valence-corrected chi connectivity index (χ1v) is 6.91. The predicted octanol–water partition coefficient (Wildman–Crippen LogP) is 2.53. The SMILES string of the molecule is CC(C)N(Cc1ccccc1)c1nccnc1C(N)=S. The molecule has 20 heavy (non-hydrogen) atoms. The number of benzene rings is 1. The lowest BCUT2D eigenvalue weighted by Gasteiger charge is -2.29. The third-order valence-electron chi connectivity index (χ3n) is 3.00. The summed E-state index contributed by atoms with van der Waals surface area (Å²) in [6, 6.07) is 10.5. The smallest absolute Gasteiger partial charge is 0.158 e. The Morgan fingerprint density at radius 3 is 2.45 bits per heavy atom. The molecule has 5 heteroatoms. The number of hydrogen-bond donors (Lipinski definition) is 1. The van der Waals surface area contributed by atoms with E-state index in [-0.39, 0.29) is 11.0 Å². The normalized spacial score (nSPS) is 10.6. The number of rotatable bonds is 5. The molecule has 2 rings (SSSR count). The molecule has 4 nitrogen and oxygen atoms in total. The first-order valence-electron chi connectivity index (χ1n) is 6.51. The number of thiocarbonyl (C=S) groups is 1. The minimum absolute atomic E-state index is 0.264. The Balaban J connectivity index is 2.37. The molecule has 0 spiro atoms. The first-order chi connectivity index (χ1) is 9.59. The van der Waals surface area contributed by atoms with Crippen LogP contribution >= 0.6 is 12.2 Å². The van der Waals surface area contributed by atoms with Crippen molar-refractivity contribution in [3.63, 3.8) is 0 Å². The lowest BCUT2D eigenvalue weighted by molar-refractivity contribution is 0.670. The summed E-state index contributed by atoms with van der Waals surface area (Å²) in [6.07, 6.45) is 3.27. The summed E-state index contributed by atoms with van der Waals surface area (Å²) in [5.41, 5.74) is 7.53. The molecular formula is C15H18N4S. The zero-order valence-corrected chi connectivity index (χ0v) is 12.5. The van der Waals surface area contributed by atoms with Gasteiger partial charge in [0.15, 0.2) is 5.82 Å². The van der Waals surface area contributed by atoms with Gasteiger partial charge in [-0.1, -0.05) is 42.5 Å². The van der Waals surface area contributed by atoms with Crippen LogP contribution in [0.4, 0.5) is 5.82 Å². The van der Waals surface area contributed by atoms with Gasteiger partial charge in [-0.3, -0.25) is 0 Å². The van der Waals surface area contributed by atoms with E-state index >= 15 is 0 Å². The van der Waals surface area contributed by atoms with Gasteiger partial charge in [-0.25, -0.2) is 9.97 Å². The molecule has 0 atom stereocenters. The molecule has 1 aromatic heterocycles. The lowest BCUT2D eigenvalue weighted by Crippen LogP contribution is -2.33. The van der Waals surface area contributed by atoms with Crippen LogP contribution in [0.5, 0.6) is 0 Å². The first kappa shape index (κ1) is 14.4. The van der Waals surface area contributed by atoms with Crippen LogP contribution in [0.2, 0.25) is 0 Å². The van der Waals surface area contributed by atoms with Gasteiger partial charge in [-0.2, -0.15) is 0 Å². The highest BCUT2D eigenvalue weighted by atomic mass is 32.1. The summed E-state index contributed by atoms with van der Waals surface area (Å²) in [5.74, 6) is 0.735. The Bertz CT molecular complexity index is 583. The van der Waals surface area contributed by atoms with Crippen LogP contribution in [0.25, 0.3) is 0 Å². The maximum atomic E-state index is 5.75. The second-order valence-corrected chi connectivity index (χ2v) is 5.24. The van der Waals surface area contributed by atoms with E-state index in [1.54, 1.807) is 12.4 Å². The number of nitrogens with two attached hydrogens (primary N) is 1. The van der Waals surface area contributed by atoms with Gasteiger partial charge in [0.05, 0.1) is 0 Å². The summed E-state index contributed by atoms with van der Waals surface area (Å²) in [4.78, 5) is 11.1. The van der Waals surface area contributed by atoms with Gasteiger partial charge < -0.3 is 10.6 Å². The maximum absolute atomic E-state index is 5.75. The third kappa shape index (κ3) is 3.30. The van der Waals surface area contributed by atoms with Gasteiger partial charge in [0.25, 0.3) is 0 Å². The number of hydrogen-bond acceptors (Lipinski definition) is 4. The van der Waals surface area contributed by atoms with Crippen LogP contribution in [0.3, 0.4) is 0 Å². The van der Waals surface area contributed by atoms with Gasteiger partial charge in [0, 0.05) is 25.0 Å². The molecule has 2 N–H and O–H groups in total. The minimum atomic E-state index is 0.264. The van der Waals surface area contributed by atoms with E-state index in [9.17, 15) is 0 Å². The summed E-state index contributed by atoms with van der Waals surface area (Å²) >= 11 is 5.07. The summed E-state index contributed by atoms with van der Waals surface area (Å²) in [5, 5.41) is 0. The standard InChI is InChI=1S/C15H18N4S/c1-11(2)19(10-12-6-4-3-5-7-12)15-13(14(16)20)17-8-9-18-15/h3-9,11H,10H2,1-2H3,(H2,16,20). The minimum Gasteiger partial charge on any atom is -0.388 e. The van der Waals surface area contributed by atoms with Gasteiger partial charge >= 0.3 is 0 Å². The zero-order valence-electron chi connectivity index (χ0n) is 11.7. The Hall–Kier alpha value is -2.01. The molecule has 0 saturated heterocycles. The Morgan fingerprint density at radius 1 is 1.20 bits per heavy atom. The maximum Gasteiger partial charge on any atom is 0.158 e. The largest absolute Gasteiger partial charge is 0.388 e. The van der Waals surface area contributed by atoms with E-state index in [1.165, 1.54) is 5.56 Å². The topological polar surface area (TPSA) is 55.0 Å².